The molecule has 4 heterocycles. The van der Waals surface area contributed by atoms with Gasteiger partial charge in [-0.25, -0.2) is 4.98 Å². The number of methoxy groups -OCH3 is 1. The Morgan fingerprint density at radius 1 is 0.955 bits per heavy atom. The number of benzene rings is 2. The van der Waals surface area contributed by atoms with Gasteiger partial charge < -0.3 is 25.2 Å². The minimum Gasteiger partial charge on any atom is -0.494 e. The Morgan fingerprint density at radius 2 is 1.70 bits per heavy atom. The van der Waals surface area contributed by atoms with Crippen LogP contribution in [0.4, 0.5) is 28.8 Å². The summed E-state index contributed by atoms with van der Waals surface area (Å²) in [6.07, 6.45) is 7.36. The van der Waals surface area contributed by atoms with Crippen molar-refractivity contribution in [3.8, 4) is 5.75 Å². The van der Waals surface area contributed by atoms with E-state index in [1.54, 1.807) is 25.7 Å². The monoisotopic (exact) mass is 697 g/mol. The number of rotatable bonds is 8. The van der Waals surface area contributed by atoms with Gasteiger partial charge in [0.15, 0.2) is 5.82 Å². The first kappa shape index (κ1) is 31.2. The molecule has 0 aliphatic carbocycles. The van der Waals surface area contributed by atoms with Gasteiger partial charge in [0, 0.05) is 79.2 Å². The van der Waals surface area contributed by atoms with E-state index in [0.717, 1.165) is 82.6 Å². The zero-order chi connectivity index (χ0) is 30.8. The number of likely N-dealkylation sites (N-methyl/N-ethyl adjacent to an activating group) is 1. The molecule has 44 heavy (non-hydrogen) atoms. The highest BCUT2D eigenvalue weighted by Crippen LogP contribution is 2.40. The fourth-order valence-electron chi connectivity index (χ4n) is 6.05. The summed E-state index contributed by atoms with van der Waals surface area (Å²) in [6.45, 7) is 11.1. The lowest BCUT2D eigenvalue weighted by molar-refractivity contribution is 0.0982. The van der Waals surface area contributed by atoms with Gasteiger partial charge in [-0.3, -0.25) is 14.9 Å². The van der Waals surface area contributed by atoms with Gasteiger partial charge in [-0.2, -0.15) is 4.98 Å². The molecule has 2 aromatic carbocycles. The van der Waals surface area contributed by atoms with Gasteiger partial charge in [-0.05, 0) is 67.3 Å². The molecule has 2 aromatic heterocycles. The van der Waals surface area contributed by atoms with Crippen LogP contribution in [0, 0.1) is 0 Å². The second kappa shape index (κ2) is 13.7. The minimum atomic E-state index is -0.493. The molecule has 0 saturated carbocycles. The molecule has 0 radical (unpaired) electrons. The Balaban J connectivity index is 1.19. The van der Waals surface area contributed by atoms with Crippen molar-refractivity contribution in [1.29, 1.82) is 0 Å². The van der Waals surface area contributed by atoms with E-state index in [0.29, 0.717) is 22.8 Å². The van der Waals surface area contributed by atoms with Crippen LogP contribution in [0.15, 0.2) is 47.3 Å². The summed E-state index contributed by atoms with van der Waals surface area (Å²) in [6, 6.07) is 8.75. The lowest BCUT2D eigenvalue weighted by Gasteiger charge is -2.42. The fraction of sp³-hybridized carbons (Fsp3) is 0.419. The number of nitrogens with one attached hydrogen (secondary N) is 2. The quantitative estimate of drug-likeness (QED) is 0.216. The molecular formula is C31H38BrClN9OP. The Bertz CT molecular complexity index is 1630. The average molecular weight is 699 g/mol. The number of halogens is 2. The van der Waals surface area contributed by atoms with Gasteiger partial charge in [0.05, 0.1) is 35.7 Å². The van der Waals surface area contributed by atoms with E-state index in [1.165, 1.54) is 13.1 Å². The third-order valence-electron chi connectivity index (χ3n) is 8.43. The number of piperazine rings is 1. The van der Waals surface area contributed by atoms with Crippen LogP contribution < -0.4 is 25.6 Å². The molecular weight excluding hydrogens is 661 g/mol. The zero-order valence-corrected chi connectivity index (χ0v) is 28.8. The van der Waals surface area contributed by atoms with Crippen molar-refractivity contribution in [1.82, 2.24) is 29.7 Å². The zero-order valence-electron chi connectivity index (χ0n) is 25.5. The molecule has 0 atom stereocenters. The van der Waals surface area contributed by atoms with E-state index in [1.807, 2.05) is 18.2 Å². The summed E-state index contributed by atoms with van der Waals surface area (Å²) in [4.78, 5) is 25.8. The van der Waals surface area contributed by atoms with Crippen LogP contribution in [0.2, 0.25) is 5.02 Å². The van der Waals surface area contributed by atoms with Crippen molar-refractivity contribution in [3.05, 3.63) is 52.4 Å². The third kappa shape index (κ3) is 6.72. The summed E-state index contributed by atoms with van der Waals surface area (Å²) in [7, 11) is 3.40. The van der Waals surface area contributed by atoms with Crippen LogP contribution in [0.1, 0.15) is 12.8 Å². The highest BCUT2D eigenvalue weighted by atomic mass is 79.9. The van der Waals surface area contributed by atoms with Crippen molar-refractivity contribution in [2.75, 3.05) is 82.3 Å². The van der Waals surface area contributed by atoms with E-state index in [9.17, 15) is 0 Å². The SMILES string of the molecule is COc1cc(N2CCC(N3CCN(C)CC3)CC2)c(Br)cc1Nc1ncc(Cl)c(Nc2ccc3nccnc3c2P(C)C)n1. The minimum absolute atomic E-state index is 0.403. The number of piperidine rings is 1. The van der Waals surface area contributed by atoms with Crippen LogP contribution in [0.25, 0.3) is 11.0 Å². The summed E-state index contributed by atoms with van der Waals surface area (Å²) in [5.74, 6) is 1.62. The molecule has 10 nitrogen and oxygen atoms in total. The molecule has 2 saturated heterocycles. The van der Waals surface area contributed by atoms with Gasteiger partial charge in [0.2, 0.25) is 5.95 Å². The van der Waals surface area contributed by atoms with Crippen LogP contribution >= 0.6 is 35.5 Å². The number of anilines is 5. The Kier molecular flexibility index (Phi) is 9.68. The fourth-order valence-corrected chi connectivity index (χ4v) is 7.99. The number of aromatic nitrogens is 4. The number of nitrogens with zero attached hydrogens (tertiary/aromatic N) is 7. The molecule has 2 aliphatic heterocycles. The highest BCUT2D eigenvalue weighted by molar-refractivity contribution is 9.10. The third-order valence-corrected chi connectivity index (χ3v) is 10.7. The van der Waals surface area contributed by atoms with E-state index < -0.39 is 7.92 Å². The standard InChI is InChI=1S/C31H38BrClN9OP/c1-40-13-15-41(16-14-40)20-7-11-42(12-8-20)26-18-27(43-2)25(17-21(26)32)38-31-36-19-22(33)30(39-31)37-24-6-5-23-28(29(24)44(3)4)35-10-9-34-23/h5-6,9-10,17-20H,7-8,11-16H2,1-4H3,(H2,36,37,38,39). The number of fused-ring (bicyclic) bond motifs is 1. The van der Waals surface area contributed by atoms with Gasteiger partial charge in [-0.1, -0.05) is 19.5 Å². The molecule has 0 amide bonds. The van der Waals surface area contributed by atoms with Gasteiger partial charge >= 0.3 is 0 Å². The second-order valence-corrected chi connectivity index (χ2v) is 15.0. The van der Waals surface area contributed by atoms with Crippen molar-refractivity contribution >= 4 is 80.6 Å². The normalized spacial score (nSPS) is 16.9. The molecule has 4 aromatic rings. The van der Waals surface area contributed by atoms with Crippen molar-refractivity contribution in [3.63, 3.8) is 0 Å². The Hall–Kier alpha value is -2.82. The van der Waals surface area contributed by atoms with Crippen molar-refractivity contribution in [2.24, 2.45) is 0 Å². The Morgan fingerprint density at radius 3 is 2.43 bits per heavy atom. The summed E-state index contributed by atoms with van der Waals surface area (Å²) < 4.78 is 6.83. The van der Waals surface area contributed by atoms with Crippen LogP contribution in [-0.4, -0.2) is 103 Å². The molecule has 6 rings (SSSR count). The Labute approximate surface area is 273 Å². The first-order valence-corrected chi connectivity index (χ1v) is 18.2. The van der Waals surface area contributed by atoms with E-state index in [4.69, 9.17) is 21.3 Å². The maximum atomic E-state index is 6.58. The van der Waals surface area contributed by atoms with Crippen LogP contribution in [0.5, 0.6) is 5.75 Å². The summed E-state index contributed by atoms with van der Waals surface area (Å²) in [5.41, 5.74) is 4.54. The molecule has 0 spiro atoms. The smallest absolute Gasteiger partial charge is 0.229 e. The lowest BCUT2D eigenvalue weighted by atomic mass is 10.0. The molecule has 232 valence electrons. The molecule has 0 unspecified atom stereocenters. The molecule has 13 heteroatoms. The molecule has 0 bridgehead atoms. The number of hydrogen-bond donors (Lipinski definition) is 2. The van der Waals surface area contributed by atoms with Gasteiger partial charge in [0.25, 0.3) is 0 Å². The molecule has 2 N–H and O–H groups in total. The second-order valence-electron chi connectivity index (χ2n) is 11.5. The maximum absolute atomic E-state index is 6.58. The van der Waals surface area contributed by atoms with E-state index >= 15 is 0 Å². The first-order chi connectivity index (χ1) is 21.3. The predicted octanol–water partition coefficient (Wildman–Crippen LogP) is 5.91. The highest BCUT2D eigenvalue weighted by Gasteiger charge is 2.28. The predicted molar refractivity (Wildman–Crippen MR) is 187 cm³/mol. The van der Waals surface area contributed by atoms with Crippen molar-refractivity contribution < 1.29 is 4.74 Å². The van der Waals surface area contributed by atoms with Gasteiger partial charge in [-0.15, -0.1) is 0 Å². The lowest BCUT2D eigenvalue weighted by Crippen LogP contribution is -2.52. The number of ether oxygens (including phenoxy) is 1. The van der Waals surface area contributed by atoms with Crippen molar-refractivity contribution in [2.45, 2.75) is 18.9 Å². The maximum Gasteiger partial charge on any atom is 0.229 e. The largest absolute Gasteiger partial charge is 0.494 e. The van der Waals surface area contributed by atoms with Crippen LogP contribution in [-0.2, 0) is 0 Å². The topological polar surface area (TPSA) is 94.6 Å². The average Bonchev–Trinajstić information content (AvgIpc) is 3.03. The van der Waals surface area contributed by atoms with E-state index in [2.05, 4.69) is 82.7 Å². The summed E-state index contributed by atoms with van der Waals surface area (Å²) >= 11 is 10.4. The van der Waals surface area contributed by atoms with Crippen LogP contribution in [0.3, 0.4) is 0 Å². The molecule has 2 fully saturated rings. The van der Waals surface area contributed by atoms with Gasteiger partial charge in [0.1, 0.15) is 10.8 Å². The molecule has 2 aliphatic rings. The van der Waals surface area contributed by atoms with E-state index in [-0.39, 0.29) is 0 Å². The summed E-state index contributed by atoms with van der Waals surface area (Å²) in [5, 5.41) is 8.31. The number of hydrogen-bond acceptors (Lipinski definition) is 10. The first-order valence-electron chi connectivity index (χ1n) is 14.8.